The van der Waals surface area contributed by atoms with E-state index in [1.165, 1.54) is 18.2 Å². The van der Waals surface area contributed by atoms with Crippen LogP contribution >= 0.6 is 0 Å². The normalized spacial score (nSPS) is 11.9. The molecule has 0 amide bonds. The molecule has 0 radical (unpaired) electrons. The Balaban J connectivity index is 2.40. The van der Waals surface area contributed by atoms with Gasteiger partial charge in [-0.15, -0.1) is 0 Å². The molecule has 2 rings (SSSR count). The fraction of sp³-hybridized carbons (Fsp3) is 0.200. The second-order valence-electron chi connectivity index (χ2n) is 4.56. The van der Waals surface area contributed by atoms with Crippen molar-refractivity contribution in [2.45, 2.75) is 19.4 Å². The second-order valence-corrected chi connectivity index (χ2v) is 4.56. The highest BCUT2D eigenvalue weighted by molar-refractivity contribution is 5.63. The molecule has 2 aromatic carbocycles. The van der Waals surface area contributed by atoms with Gasteiger partial charge in [0.05, 0.1) is 11.0 Å². The summed E-state index contributed by atoms with van der Waals surface area (Å²) in [6, 6.07) is 9.90. The number of nitrogens with zero attached hydrogens (tertiary/aromatic N) is 1. The Bertz CT molecular complexity index is 661. The maximum absolute atomic E-state index is 13.9. The highest BCUT2D eigenvalue weighted by Gasteiger charge is 2.22. The maximum Gasteiger partial charge on any atom is 0.295 e. The molecular weight excluding hydrogens is 275 g/mol. The Hall–Kier alpha value is -2.63. The van der Waals surface area contributed by atoms with Gasteiger partial charge in [0.1, 0.15) is 11.4 Å². The van der Waals surface area contributed by atoms with Crippen LogP contribution in [0.3, 0.4) is 0 Å². The van der Waals surface area contributed by atoms with Crippen LogP contribution < -0.4 is 5.32 Å². The van der Waals surface area contributed by atoms with Gasteiger partial charge >= 0.3 is 0 Å². The molecular formula is C15H15FN2O3. The number of phenolic OH excluding ortho intramolecular Hbond substituents is 1. The molecule has 110 valence electrons. The van der Waals surface area contributed by atoms with E-state index in [1.807, 2.05) is 6.92 Å². The van der Waals surface area contributed by atoms with Crippen molar-refractivity contribution in [1.29, 1.82) is 0 Å². The van der Waals surface area contributed by atoms with Gasteiger partial charge in [0.15, 0.2) is 5.82 Å². The van der Waals surface area contributed by atoms with Crippen LogP contribution in [0.15, 0.2) is 42.5 Å². The number of phenols is 1. The summed E-state index contributed by atoms with van der Waals surface area (Å²) in [4.78, 5) is 10.4. The van der Waals surface area contributed by atoms with Crippen LogP contribution in [0.5, 0.6) is 5.75 Å². The van der Waals surface area contributed by atoms with Gasteiger partial charge in [0, 0.05) is 11.6 Å². The van der Waals surface area contributed by atoms with Crippen molar-refractivity contribution in [3.8, 4) is 5.75 Å². The average Bonchev–Trinajstić information content (AvgIpc) is 2.46. The van der Waals surface area contributed by atoms with Crippen molar-refractivity contribution < 1.29 is 14.4 Å². The second kappa shape index (κ2) is 6.21. The van der Waals surface area contributed by atoms with E-state index in [2.05, 4.69) is 5.32 Å². The average molecular weight is 290 g/mol. The molecule has 0 heterocycles. The highest BCUT2D eigenvalue weighted by Crippen LogP contribution is 2.34. The minimum Gasteiger partial charge on any atom is -0.508 e. The first-order valence-electron chi connectivity index (χ1n) is 6.52. The third kappa shape index (κ3) is 3.10. The van der Waals surface area contributed by atoms with E-state index in [1.54, 1.807) is 18.2 Å². The molecule has 1 atom stereocenters. The molecule has 0 aliphatic heterocycles. The highest BCUT2D eigenvalue weighted by atomic mass is 19.1. The Morgan fingerprint density at radius 1 is 1.29 bits per heavy atom. The van der Waals surface area contributed by atoms with Crippen LogP contribution in [0.25, 0.3) is 0 Å². The summed E-state index contributed by atoms with van der Waals surface area (Å²) in [6.45, 7) is 1.84. The number of nitro groups is 1. The fourth-order valence-electron chi connectivity index (χ4n) is 2.16. The number of para-hydroxylation sites is 2. The smallest absolute Gasteiger partial charge is 0.295 e. The van der Waals surface area contributed by atoms with Crippen LogP contribution in [0, 0.1) is 15.9 Å². The summed E-state index contributed by atoms with van der Waals surface area (Å²) in [5, 5.41) is 23.7. The minimum atomic E-state index is -0.696. The molecule has 2 N–H and O–H groups in total. The number of nitrogens with one attached hydrogen (secondary N) is 1. The number of hydrogen-bond acceptors (Lipinski definition) is 4. The lowest BCUT2D eigenvalue weighted by atomic mass is 10.0. The monoisotopic (exact) mass is 290 g/mol. The molecule has 0 bridgehead atoms. The van der Waals surface area contributed by atoms with E-state index in [0.717, 1.165) is 6.07 Å². The molecule has 0 spiro atoms. The van der Waals surface area contributed by atoms with Gasteiger partial charge in [-0.25, -0.2) is 4.39 Å². The number of nitro benzene ring substituents is 1. The Morgan fingerprint density at radius 2 is 2.00 bits per heavy atom. The lowest BCUT2D eigenvalue weighted by molar-refractivity contribution is -0.384. The third-order valence-electron chi connectivity index (χ3n) is 3.23. The van der Waals surface area contributed by atoms with E-state index < -0.39 is 16.8 Å². The van der Waals surface area contributed by atoms with Crippen LogP contribution in [0.4, 0.5) is 15.8 Å². The third-order valence-corrected chi connectivity index (χ3v) is 3.23. The van der Waals surface area contributed by atoms with E-state index in [4.69, 9.17) is 0 Å². The lowest BCUT2D eigenvalue weighted by Crippen LogP contribution is -2.12. The van der Waals surface area contributed by atoms with Crippen molar-refractivity contribution in [3.63, 3.8) is 0 Å². The van der Waals surface area contributed by atoms with Gasteiger partial charge in [-0.3, -0.25) is 10.1 Å². The zero-order valence-corrected chi connectivity index (χ0v) is 11.4. The predicted octanol–water partition coefficient (Wildman–Crippen LogP) is 4.00. The van der Waals surface area contributed by atoms with Crippen molar-refractivity contribution >= 4 is 11.4 Å². The van der Waals surface area contributed by atoms with Crippen molar-refractivity contribution in [1.82, 2.24) is 0 Å². The predicted molar refractivity (Wildman–Crippen MR) is 77.8 cm³/mol. The molecule has 5 nitrogen and oxygen atoms in total. The molecule has 0 fully saturated rings. The molecule has 0 aliphatic rings. The maximum atomic E-state index is 13.9. The number of anilines is 1. The Labute approximate surface area is 121 Å². The standard InChI is InChI=1S/C15H15FN2O3/c1-2-12(10-6-3-4-9-14(10)19)17-15-11(16)7-5-8-13(15)18(20)21/h3-9,12,17,19H,2H2,1H3. The zero-order valence-electron chi connectivity index (χ0n) is 11.4. The number of halogens is 1. The van der Waals surface area contributed by atoms with Crippen LogP contribution in [-0.4, -0.2) is 10.0 Å². The van der Waals surface area contributed by atoms with Crippen molar-refractivity contribution in [2.24, 2.45) is 0 Å². The molecule has 6 heteroatoms. The summed E-state index contributed by atoms with van der Waals surface area (Å²) >= 11 is 0. The summed E-state index contributed by atoms with van der Waals surface area (Å²) in [6.07, 6.45) is 0.531. The number of benzene rings is 2. The molecule has 2 aromatic rings. The lowest BCUT2D eigenvalue weighted by Gasteiger charge is -2.20. The zero-order chi connectivity index (χ0) is 15.4. The van der Waals surface area contributed by atoms with E-state index in [-0.39, 0.29) is 17.1 Å². The first kappa shape index (κ1) is 14.8. The summed E-state index contributed by atoms with van der Waals surface area (Å²) < 4.78 is 13.9. The molecule has 0 aromatic heterocycles. The summed E-state index contributed by atoms with van der Waals surface area (Å²) in [5.74, 6) is -0.631. The molecule has 0 aliphatic carbocycles. The molecule has 1 unspecified atom stereocenters. The quantitative estimate of drug-likeness (QED) is 0.644. The molecule has 0 saturated carbocycles. The SMILES string of the molecule is CCC(Nc1c(F)cccc1[N+](=O)[O-])c1ccccc1O. The number of rotatable bonds is 5. The van der Waals surface area contributed by atoms with Crippen molar-refractivity contribution in [3.05, 3.63) is 64.0 Å². The fourth-order valence-corrected chi connectivity index (χ4v) is 2.16. The Morgan fingerprint density at radius 3 is 2.62 bits per heavy atom. The number of aromatic hydroxyl groups is 1. The molecule has 21 heavy (non-hydrogen) atoms. The summed E-state index contributed by atoms with van der Waals surface area (Å²) in [7, 11) is 0. The van der Waals surface area contributed by atoms with E-state index in [9.17, 15) is 19.6 Å². The first-order valence-corrected chi connectivity index (χ1v) is 6.52. The van der Waals surface area contributed by atoms with Crippen molar-refractivity contribution in [2.75, 3.05) is 5.32 Å². The molecule has 0 saturated heterocycles. The van der Waals surface area contributed by atoms with Crippen LogP contribution in [0.1, 0.15) is 24.9 Å². The Kier molecular flexibility index (Phi) is 4.37. The number of hydrogen-bond donors (Lipinski definition) is 2. The van der Waals surface area contributed by atoms with Gasteiger partial charge in [-0.2, -0.15) is 0 Å². The van der Waals surface area contributed by atoms with Crippen LogP contribution in [-0.2, 0) is 0 Å². The largest absolute Gasteiger partial charge is 0.508 e. The van der Waals surface area contributed by atoms with E-state index >= 15 is 0 Å². The van der Waals surface area contributed by atoms with Gasteiger partial charge in [-0.1, -0.05) is 31.2 Å². The van der Waals surface area contributed by atoms with Crippen LogP contribution in [0.2, 0.25) is 0 Å². The van der Waals surface area contributed by atoms with E-state index in [0.29, 0.717) is 12.0 Å². The first-order chi connectivity index (χ1) is 10.0. The minimum absolute atomic E-state index is 0.0656. The summed E-state index contributed by atoms with van der Waals surface area (Å²) in [5.41, 5.74) is 0.0685. The van der Waals surface area contributed by atoms with Gasteiger partial charge in [0.2, 0.25) is 0 Å². The van der Waals surface area contributed by atoms with Gasteiger partial charge in [-0.05, 0) is 18.6 Å². The van der Waals surface area contributed by atoms with Gasteiger partial charge in [0.25, 0.3) is 5.69 Å². The topological polar surface area (TPSA) is 75.4 Å². The van der Waals surface area contributed by atoms with Gasteiger partial charge < -0.3 is 10.4 Å².